The van der Waals surface area contributed by atoms with Gasteiger partial charge in [-0.3, -0.25) is 4.79 Å². The van der Waals surface area contributed by atoms with Crippen molar-refractivity contribution in [2.24, 2.45) is 5.10 Å². The zero-order valence-corrected chi connectivity index (χ0v) is 15.3. The molecule has 5 rings (SSSR count). The van der Waals surface area contributed by atoms with Crippen molar-refractivity contribution in [3.05, 3.63) is 78.9 Å². The van der Waals surface area contributed by atoms with Crippen molar-refractivity contribution in [1.82, 2.24) is 15.0 Å². The third kappa shape index (κ3) is 3.25. The molecule has 1 amide bonds. The van der Waals surface area contributed by atoms with E-state index in [1.165, 1.54) is 11.3 Å². The van der Waals surface area contributed by atoms with E-state index in [2.05, 4.69) is 15.1 Å². The van der Waals surface area contributed by atoms with Gasteiger partial charge < -0.3 is 13.6 Å². The molecule has 29 heavy (non-hydrogen) atoms. The van der Waals surface area contributed by atoms with Crippen LogP contribution < -0.4 is 4.74 Å². The molecule has 1 aromatic carbocycles. The Kier molecular flexibility index (Phi) is 4.28. The van der Waals surface area contributed by atoms with Crippen LogP contribution in [0.5, 0.6) is 5.88 Å². The van der Waals surface area contributed by atoms with Gasteiger partial charge in [0.2, 0.25) is 5.88 Å². The second-order valence-electron chi connectivity index (χ2n) is 6.48. The minimum absolute atomic E-state index is 0.215. The molecule has 1 aliphatic rings. The summed E-state index contributed by atoms with van der Waals surface area (Å²) in [6, 6.07) is 14.3. The molecule has 0 spiro atoms. The first-order chi connectivity index (χ1) is 14.3. The zero-order valence-electron chi connectivity index (χ0n) is 15.3. The van der Waals surface area contributed by atoms with Crippen molar-refractivity contribution in [2.75, 3.05) is 6.61 Å². The van der Waals surface area contributed by atoms with E-state index in [4.69, 9.17) is 13.6 Å². The fourth-order valence-corrected chi connectivity index (χ4v) is 3.33. The Balaban J connectivity index is 1.39. The van der Waals surface area contributed by atoms with Gasteiger partial charge in [0.25, 0.3) is 5.91 Å². The summed E-state index contributed by atoms with van der Waals surface area (Å²) in [5.74, 6) is 1.32. The number of ether oxygens (including phenoxy) is 1. The zero-order chi connectivity index (χ0) is 19.6. The third-order valence-electron chi connectivity index (χ3n) is 4.68. The van der Waals surface area contributed by atoms with Crippen LogP contribution in [0.4, 0.5) is 0 Å². The molecule has 4 aromatic rings. The summed E-state index contributed by atoms with van der Waals surface area (Å²) < 4.78 is 16.7. The Morgan fingerprint density at radius 2 is 1.93 bits per heavy atom. The predicted octanol–water partition coefficient (Wildman–Crippen LogP) is 3.57. The van der Waals surface area contributed by atoms with Gasteiger partial charge in [-0.15, -0.1) is 0 Å². The summed E-state index contributed by atoms with van der Waals surface area (Å²) in [4.78, 5) is 21.3. The molecule has 1 aliphatic heterocycles. The number of hydrazone groups is 1. The maximum atomic E-state index is 13.0. The first-order valence-electron chi connectivity index (χ1n) is 9.09. The van der Waals surface area contributed by atoms with Crippen molar-refractivity contribution < 1.29 is 18.4 Å². The number of hydrogen-bond donors (Lipinski definition) is 0. The van der Waals surface area contributed by atoms with Crippen molar-refractivity contribution in [3.63, 3.8) is 0 Å². The SMILES string of the molecule is O=C(COc1ncnc2ccccc12)N1N=C(c2ccco2)CC1c1ccco1. The molecule has 1 unspecified atom stereocenters. The highest BCUT2D eigenvalue weighted by Gasteiger charge is 2.36. The molecule has 0 fully saturated rings. The van der Waals surface area contributed by atoms with Gasteiger partial charge in [0.15, 0.2) is 6.61 Å². The molecule has 3 aromatic heterocycles. The topological polar surface area (TPSA) is 94.0 Å². The first kappa shape index (κ1) is 17.2. The maximum Gasteiger partial charge on any atom is 0.281 e. The molecule has 144 valence electrons. The second-order valence-corrected chi connectivity index (χ2v) is 6.48. The standard InChI is InChI=1S/C21H16N4O4/c26-20(12-29-21-14-5-1-2-6-15(14)22-13-23-21)25-17(19-8-4-10-28-19)11-16(24-25)18-7-3-9-27-18/h1-10,13,17H,11-12H2. The Morgan fingerprint density at radius 3 is 2.76 bits per heavy atom. The summed E-state index contributed by atoms with van der Waals surface area (Å²) in [5.41, 5.74) is 1.43. The molecule has 4 heterocycles. The molecule has 0 bridgehead atoms. The normalized spacial score (nSPS) is 16.2. The van der Waals surface area contributed by atoms with Crippen LogP contribution in [0.15, 0.2) is 81.3 Å². The number of furan rings is 2. The van der Waals surface area contributed by atoms with Gasteiger partial charge in [-0.25, -0.2) is 15.0 Å². The number of amides is 1. The summed E-state index contributed by atoms with van der Waals surface area (Å²) in [7, 11) is 0. The maximum absolute atomic E-state index is 13.0. The van der Waals surface area contributed by atoms with Gasteiger partial charge in [0.05, 0.1) is 23.4 Å². The van der Waals surface area contributed by atoms with Gasteiger partial charge in [-0.2, -0.15) is 5.10 Å². The van der Waals surface area contributed by atoms with E-state index in [1.54, 1.807) is 24.7 Å². The summed E-state index contributed by atoms with van der Waals surface area (Å²) in [6.07, 6.45) is 5.06. The smallest absolute Gasteiger partial charge is 0.281 e. The van der Waals surface area contributed by atoms with Crippen LogP contribution >= 0.6 is 0 Å². The number of carbonyl (C=O) groups is 1. The number of fused-ring (bicyclic) bond motifs is 1. The molecule has 0 aliphatic carbocycles. The van der Waals surface area contributed by atoms with E-state index in [0.717, 1.165) is 10.9 Å². The highest BCUT2D eigenvalue weighted by atomic mass is 16.5. The van der Waals surface area contributed by atoms with E-state index in [-0.39, 0.29) is 18.6 Å². The monoisotopic (exact) mass is 388 g/mol. The van der Waals surface area contributed by atoms with Crippen LogP contribution in [0, 0.1) is 0 Å². The van der Waals surface area contributed by atoms with Crippen LogP contribution in [-0.2, 0) is 4.79 Å². The number of para-hydroxylation sites is 1. The van der Waals surface area contributed by atoms with E-state index in [1.807, 2.05) is 36.4 Å². The lowest BCUT2D eigenvalue weighted by molar-refractivity contribution is -0.135. The predicted molar refractivity (Wildman–Crippen MR) is 103 cm³/mol. The van der Waals surface area contributed by atoms with Gasteiger partial charge in [-0.05, 0) is 36.4 Å². The highest BCUT2D eigenvalue weighted by molar-refractivity contribution is 6.01. The summed E-state index contributed by atoms with van der Waals surface area (Å²) in [6.45, 7) is -0.215. The van der Waals surface area contributed by atoms with E-state index < -0.39 is 0 Å². The van der Waals surface area contributed by atoms with Crippen LogP contribution in [0.25, 0.3) is 10.9 Å². The average Bonchev–Trinajstić information content (AvgIpc) is 3.52. The average molecular weight is 388 g/mol. The number of hydrogen-bond acceptors (Lipinski definition) is 7. The Hall–Kier alpha value is -3.94. The number of nitrogens with zero attached hydrogens (tertiary/aromatic N) is 4. The molecule has 0 saturated carbocycles. The lowest BCUT2D eigenvalue weighted by Gasteiger charge is -2.19. The van der Waals surface area contributed by atoms with E-state index in [0.29, 0.717) is 29.5 Å². The highest BCUT2D eigenvalue weighted by Crippen LogP contribution is 2.33. The summed E-state index contributed by atoms with van der Waals surface area (Å²) in [5, 5.41) is 6.61. The van der Waals surface area contributed by atoms with Crippen LogP contribution in [0.2, 0.25) is 0 Å². The van der Waals surface area contributed by atoms with Crippen molar-refractivity contribution >= 4 is 22.5 Å². The van der Waals surface area contributed by atoms with Crippen LogP contribution in [0.3, 0.4) is 0 Å². The minimum Gasteiger partial charge on any atom is -0.467 e. The van der Waals surface area contributed by atoms with Gasteiger partial charge in [0, 0.05) is 6.42 Å². The van der Waals surface area contributed by atoms with Gasteiger partial charge in [-0.1, -0.05) is 12.1 Å². The Bertz CT molecular complexity index is 1160. The fraction of sp³-hybridized carbons (Fsp3) is 0.143. The van der Waals surface area contributed by atoms with Gasteiger partial charge >= 0.3 is 0 Å². The molecule has 1 atom stereocenters. The molecule has 8 nitrogen and oxygen atoms in total. The number of rotatable bonds is 5. The van der Waals surface area contributed by atoms with Gasteiger partial charge in [0.1, 0.15) is 29.6 Å². The fourth-order valence-electron chi connectivity index (χ4n) is 3.33. The van der Waals surface area contributed by atoms with Crippen molar-refractivity contribution in [3.8, 4) is 5.88 Å². The summed E-state index contributed by atoms with van der Waals surface area (Å²) >= 11 is 0. The van der Waals surface area contributed by atoms with Crippen molar-refractivity contribution in [1.29, 1.82) is 0 Å². The number of aromatic nitrogens is 2. The lowest BCUT2D eigenvalue weighted by atomic mass is 10.1. The largest absolute Gasteiger partial charge is 0.467 e. The lowest BCUT2D eigenvalue weighted by Crippen LogP contribution is -2.31. The first-order valence-corrected chi connectivity index (χ1v) is 9.09. The molecule has 0 N–H and O–H groups in total. The number of benzene rings is 1. The molecule has 8 heteroatoms. The Morgan fingerprint density at radius 1 is 1.07 bits per heavy atom. The second kappa shape index (κ2) is 7.23. The quantitative estimate of drug-likeness (QED) is 0.519. The van der Waals surface area contributed by atoms with Crippen LogP contribution in [-0.4, -0.2) is 33.2 Å². The minimum atomic E-state index is -0.358. The third-order valence-corrected chi connectivity index (χ3v) is 4.68. The molecule has 0 saturated heterocycles. The number of carbonyl (C=O) groups excluding carboxylic acids is 1. The van der Waals surface area contributed by atoms with Crippen LogP contribution in [0.1, 0.15) is 24.0 Å². The van der Waals surface area contributed by atoms with E-state index >= 15 is 0 Å². The molecular weight excluding hydrogens is 372 g/mol. The van der Waals surface area contributed by atoms with Crippen molar-refractivity contribution in [2.45, 2.75) is 12.5 Å². The molecular formula is C21H16N4O4. The Labute approximate surface area is 165 Å². The van der Waals surface area contributed by atoms with E-state index in [9.17, 15) is 4.79 Å². The molecule has 0 radical (unpaired) electrons.